The first-order chi connectivity index (χ1) is 10.2. The van der Waals surface area contributed by atoms with E-state index in [-0.39, 0.29) is 24.6 Å². The molecule has 0 aromatic rings. The van der Waals surface area contributed by atoms with E-state index in [1.807, 2.05) is 4.90 Å². The maximum atomic E-state index is 12.7. The van der Waals surface area contributed by atoms with Gasteiger partial charge in [-0.15, -0.1) is 0 Å². The summed E-state index contributed by atoms with van der Waals surface area (Å²) in [6.07, 6.45) is 4.22. The highest BCUT2D eigenvalue weighted by Crippen LogP contribution is 2.41. The van der Waals surface area contributed by atoms with Crippen molar-refractivity contribution in [2.45, 2.75) is 49.9 Å². The van der Waals surface area contributed by atoms with Crippen molar-refractivity contribution < 1.29 is 14.6 Å². The topological polar surface area (TPSA) is 65.0 Å². The molecule has 2 saturated heterocycles. The predicted molar refractivity (Wildman–Crippen MR) is 78.7 cm³/mol. The number of fused-ring (bicyclic) bond motifs is 3. The summed E-state index contributed by atoms with van der Waals surface area (Å²) < 4.78 is 5.55. The highest BCUT2D eigenvalue weighted by Gasteiger charge is 2.54. The molecule has 5 atom stereocenters. The van der Waals surface area contributed by atoms with E-state index in [4.69, 9.17) is 9.84 Å². The van der Waals surface area contributed by atoms with Crippen LogP contribution in [0.3, 0.4) is 0 Å². The van der Waals surface area contributed by atoms with Crippen molar-refractivity contribution in [2.24, 2.45) is 5.92 Å². The molecule has 0 aromatic heterocycles. The number of aliphatic hydroxyl groups is 1. The number of aliphatic hydroxyl groups excluding tert-OH is 1. The summed E-state index contributed by atoms with van der Waals surface area (Å²) in [7, 11) is 3.88. The third kappa shape index (κ3) is 2.59. The number of ether oxygens (including phenoxy) is 1. The number of hydrogen-bond donors (Lipinski definition) is 2. The van der Waals surface area contributed by atoms with Crippen molar-refractivity contribution in [3.63, 3.8) is 0 Å². The number of hydrogen-bond acceptors (Lipinski definition) is 5. The Morgan fingerprint density at radius 1 is 1.43 bits per heavy atom. The zero-order valence-electron chi connectivity index (χ0n) is 13.0. The largest absolute Gasteiger partial charge is 0.396 e. The number of methoxy groups -OCH3 is 1. The molecule has 21 heavy (non-hydrogen) atoms. The van der Waals surface area contributed by atoms with Gasteiger partial charge >= 0.3 is 0 Å². The highest BCUT2D eigenvalue weighted by molar-refractivity contribution is 5.84. The van der Waals surface area contributed by atoms with Crippen molar-refractivity contribution in [3.05, 3.63) is 0 Å². The van der Waals surface area contributed by atoms with Crippen LogP contribution in [0, 0.1) is 5.92 Å². The van der Waals surface area contributed by atoms with E-state index < -0.39 is 0 Å². The van der Waals surface area contributed by atoms with Crippen LogP contribution in [0.25, 0.3) is 0 Å². The second-order valence-electron chi connectivity index (χ2n) is 6.58. The minimum atomic E-state index is -0.0527. The van der Waals surface area contributed by atoms with Crippen LogP contribution in [0.2, 0.25) is 0 Å². The van der Waals surface area contributed by atoms with E-state index in [0.717, 1.165) is 19.3 Å². The first-order valence-electron chi connectivity index (χ1n) is 8.05. The molecule has 5 unspecified atom stereocenters. The Balaban J connectivity index is 1.73. The van der Waals surface area contributed by atoms with Crippen LogP contribution in [0.15, 0.2) is 0 Å². The average Bonchev–Trinajstić information content (AvgIpc) is 2.79. The molecule has 0 spiro atoms. The molecule has 0 bridgehead atoms. The molecule has 2 heterocycles. The van der Waals surface area contributed by atoms with Crippen molar-refractivity contribution in [2.75, 3.05) is 34.0 Å². The van der Waals surface area contributed by atoms with Gasteiger partial charge in [-0.25, -0.2) is 0 Å². The molecule has 1 aliphatic carbocycles. The van der Waals surface area contributed by atoms with E-state index in [2.05, 4.69) is 17.3 Å². The Morgan fingerprint density at radius 2 is 2.24 bits per heavy atom. The predicted octanol–water partition coefficient (Wildman–Crippen LogP) is -0.376. The van der Waals surface area contributed by atoms with Gasteiger partial charge in [-0.2, -0.15) is 0 Å². The van der Waals surface area contributed by atoms with Crippen LogP contribution < -0.4 is 5.32 Å². The maximum absolute atomic E-state index is 12.7. The first-order valence-corrected chi connectivity index (χ1v) is 8.05. The van der Waals surface area contributed by atoms with Crippen LogP contribution in [-0.2, 0) is 9.53 Å². The summed E-state index contributed by atoms with van der Waals surface area (Å²) >= 11 is 0. The standard InChI is InChI=1S/C15H27N3O3/c1-17-12-5-4-10(21-2)8-11(12)13-14(17)15(20)18(9-16-13)6-3-7-19/h10-14,16,19H,3-9H2,1-2H3. The molecule has 120 valence electrons. The van der Waals surface area contributed by atoms with Crippen LogP contribution in [-0.4, -0.2) is 79.0 Å². The quantitative estimate of drug-likeness (QED) is 0.741. The summed E-state index contributed by atoms with van der Waals surface area (Å²) in [5, 5.41) is 12.5. The Kier molecular flexibility index (Phi) is 4.49. The van der Waals surface area contributed by atoms with Gasteiger partial charge in [0.1, 0.15) is 6.04 Å². The summed E-state index contributed by atoms with van der Waals surface area (Å²) in [5.74, 6) is 0.723. The first kappa shape index (κ1) is 15.2. The van der Waals surface area contributed by atoms with Crippen LogP contribution in [0.1, 0.15) is 25.7 Å². The molecule has 6 nitrogen and oxygen atoms in total. The number of amides is 1. The van der Waals surface area contributed by atoms with Gasteiger partial charge in [-0.1, -0.05) is 0 Å². The van der Waals surface area contributed by atoms with E-state index in [1.54, 1.807) is 7.11 Å². The molecule has 2 N–H and O–H groups in total. The SMILES string of the molecule is COC1CCC2C(C1)C1NCN(CCCO)C(=O)C1N2C. The van der Waals surface area contributed by atoms with Gasteiger partial charge in [0.2, 0.25) is 5.91 Å². The van der Waals surface area contributed by atoms with E-state index >= 15 is 0 Å². The molecule has 2 aliphatic heterocycles. The van der Waals surface area contributed by atoms with Crippen LogP contribution in [0.5, 0.6) is 0 Å². The van der Waals surface area contributed by atoms with Gasteiger partial charge in [-0.05, 0) is 38.6 Å². The molecule has 0 aromatic carbocycles. The van der Waals surface area contributed by atoms with Gasteiger partial charge in [0, 0.05) is 32.3 Å². The molecular formula is C15H27N3O3. The normalized spacial score (nSPS) is 40.2. The van der Waals surface area contributed by atoms with E-state index in [0.29, 0.717) is 37.7 Å². The lowest BCUT2D eigenvalue weighted by atomic mass is 9.80. The summed E-state index contributed by atoms with van der Waals surface area (Å²) in [6.45, 7) is 1.37. The van der Waals surface area contributed by atoms with Gasteiger partial charge in [0.15, 0.2) is 0 Å². The molecular weight excluding hydrogens is 270 g/mol. The number of likely N-dealkylation sites (tertiary alicyclic amines) is 1. The smallest absolute Gasteiger partial charge is 0.242 e. The second-order valence-corrected chi connectivity index (χ2v) is 6.58. The highest BCUT2D eigenvalue weighted by atomic mass is 16.5. The van der Waals surface area contributed by atoms with E-state index in [1.165, 1.54) is 0 Å². The molecule has 6 heteroatoms. The molecule has 3 fully saturated rings. The number of carbonyl (C=O) groups excluding carboxylic acids is 1. The fourth-order valence-electron chi connectivity index (χ4n) is 4.47. The number of carbonyl (C=O) groups is 1. The average molecular weight is 297 g/mol. The van der Waals surface area contributed by atoms with Crippen molar-refractivity contribution in [1.82, 2.24) is 15.1 Å². The lowest BCUT2D eigenvalue weighted by Gasteiger charge is -2.38. The molecule has 3 aliphatic rings. The minimum Gasteiger partial charge on any atom is -0.396 e. The third-order valence-electron chi connectivity index (χ3n) is 5.58. The summed E-state index contributed by atoms with van der Waals surface area (Å²) in [5.41, 5.74) is 0. The van der Waals surface area contributed by atoms with Crippen LogP contribution >= 0.6 is 0 Å². The van der Waals surface area contributed by atoms with E-state index in [9.17, 15) is 4.79 Å². The maximum Gasteiger partial charge on any atom is 0.242 e. The molecule has 3 rings (SSSR count). The zero-order valence-corrected chi connectivity index (χ0v) is 13.0. The monoisotopic (exact) mass is 297 g/mol. The Labute approximate surface area is 126 Å². The number of nitrogens with zero attached hydrogens (tertiary/aromatic N) is 2. The Hall–Kier alpha value is -0.690. The fraction of sp³-hybridized carbons (Fsp3) is 0.933. The minimum absolute atomic E-state index is 0.0527. The number of rotatable bonds is 4. The summed E-state index contributed by atoms with van der Waals surface area (Å²) in [6, 6.07) is 0.680. The lowest BCUT2D eigenvalue weighted by Crippen LogP contribution is -2.62. The third-order valence-corrected chi connectivity index (χ3v) is 5.58. The second kappa shape index (κ2) is 6.20. The summed E-state index contributed by atoms with van der Waals surface area (Å²) in [4.78, 5) is 16.9. The van der Waals surface area contributed by atoms with Gasteiger partial charge in [0.25, 0.3) is 0 Å². The number of nitrogens with one attached hydrogen (secondary N) is 1. The van der Waals surface area contributed by atoms with Gasteiger partial charge < -0.3 is 14.7 Å². The lowest BCUT2D eigenvalue weighted by molar-refractivity contribution is -0.140. The molecule has 1 saturated carbocycles. The molecule has 1 amide bonds. The zero-order chi connectivity index (χ0) is 15.0. The van der Waals surface area contributed by atoms with Crippen molar-refractivity contribution in [3.8, 4) is 0 Å². The van der Waals surface area contributed by atoms with Gasteiger partial charge in [-0.3, -0.25) is 15.0 Å². The van der Waals surface area contributed by atoms with Crippen molar-refractivity contribution >= 4 is 5.91 Å². The number of likely N-dealkylation sites (N-methyl/N-ethyl adjacent to an activating group) is 1. The molecule has 0 radical (unpaired) electrons. The Bertz CT molecular complexity index is 392. The van der Waals surface area contributed by atoms with Gasteiger partial charge in [0.05, 0.1) is 12.8 Å². The fourth-order valence-corrected chi connectivity index (χ4v) is 4.47. The van der Waals surface area contributed by atoms with Crippen molar-refractivity contribution in [1.29, 1.82) is 0 Å². The Morgan fingerprint density at radius 3 is 2.95 bits per heavy atom. The van der Waals surface area contributed by atoms with Crippen LogP contribution in [0.4, 0.5) is 0 Å².